The van der Waals surface area contributed by atoms with Crippen LogP contribution < -0.4 is 10.5 Å². The summed E-state index contributed by atoms with van der Waals surface area (Å²) in [6, 6.07) is 9.27. The molecular weight excluding hydrogens is 458 g/mol. The molecule has 0 unspecified atom stereocenters. The van der Waals surface area contributed by atoms with Gasteiger partial charge in [-0.15, -0.1) is 10.2 Å². The molecule has 0 bridgehead atoms. The van der Waals surface area contributed by atoms with E-state index in [4.69, 9.17) is 43.4 Å². The third kappa shape index (κ3) is 4.46. The summed E-state index contributed by atoms with van der Waals surface area (Å²) in [5, 5.41) is 17.3. The second-order valence-electron chi connectivity index (χ2n) is 6.64. The first-order valence-electron chi connectivity index (χ1n) is 9.11. The molecule has 0 fully saturated rings. The minimum atomic E-state index is -0.706. The lowest BCUT2D eigenvalue weighted by molar-refractivity contribution is 0.437. The fraction of sp³-hybridized carbons (Fsp3) is 0.0952. The molecule has 8 nitrogen and oxygen atoms in total. The fourth-order valence-electron chi connectivity index (χ4n) is 2.90. The third-order valence-electron chi connectivity index (χ3n) is 4.39. The van der Waals surface area contributed by atoms with Crippen molar-refractivity contribution in [2.24, 2.45) is 0 Å². The van der Waals surface area contributed by atoms with Crippen LogP contribution in [0.5, 0.6) is 11.5 Å². The quantitative estimate of drug-likeness (QED) is 0.426. The van der Waals surface area contributed by atoms with Gasteiger partial charge >= 0.3 is 0 Å². The molecule has 0 aliphatic heterocycles. The summed E-state index contributed by atoms with van der Waals surface area (Å²) in [4.78, 5) is 7.98. The van der Waals surface area contributed by atoms with E-state index in [1.807, 2.05) is 6.07 Å². The van der Waals surface area contributed by atoms with Gasteiger partial charge in [0.05, 0.1) is 34.3 Å². The zero-order valence-corrected chi connectivity index (χ0v) is 17.9. The first-order valence-corrected chi connectivity index (χ1v) is 9.87. The Bertz CT molecular complexity index is 1370. The van der Waals surface area contributed by atoms with E-state index in [0.29, 0.717) is 11.3 Å². The first kappa shape index (κ1) is 21.5. The smallest absolute Gasteiger partial charge is 0.251 e. The number of rotatable bonds is 5. The zero-order valence-electron chi connectivity index (χ0n) is 16.4. The molecule has 11 heteroatoms. The van der Waals surface area contributed by atoms with Gasteiger partial charge < -0.3 is 14.9 Å². The summed E-state index contributed by atoms with van der Waals surface area (Å²) in [5.74, 6) is -0.265. The minimum absolute atomic E-state index is 0.0137. The molecule has 0 aliphatic rings. The van der Waals surface area contributed by atoms with Gasteiger partial charge in [0.15, 0.2) is 11.6 Å². The van der Waals surface area contributed by atoms with Crippen molar-refractivity contribution in [1.82, 2.24) is 20.2 Å². The number of nitriles is 1. The third-order valence-corrected chi connectivity index (χ3v) is 4.90. The summed E-state index contributed by atoms with van der Waals surface area (Å²) < 4.78 is 26.4. The van der Waals surface area contributed by atoms with Gasteiger partial charge in [-0.1, -0.05) is 29.3 Å². The van der Waals surface area contributed by atoms with Gasteiger partial charge in [0.25, 0.3) is 5.89 Å². The van der Waals surface area contributed by atoms with Crippen molar-refractivity contribution in [2.45, 2.75) is 13.3 Å². The highest BCUT2D eigenvalue weighted by Crippen LogP contribution is 2.36. The van der Waals surface area contributed by atoms with Gasteiger partial charge in [-0.05, 0) is 31.2 Å². The van der Waals surface area contributed by atoms with Crippen molar-refractivity contribution >= 4 is 29.2 Å². The van der Waals surface area contributed by atoms with Crippen LogP contribution in [-0.2, 0) is 6.42 Å². The van der Waals surface area contributed by atoms with Gasteiger partial charge in [-0.2, -0.15) is 5.26 Å². The Balaban J connectivity index is 1.62. The largest absolute Gasteiger partial charge is 0.453 e. The summed E-state index contributed by atoms with van der Waals surface area (Å²) >= 11 is 12.1. The monoisotopic (exact) mass is 470 g/mol. The number of aryl methyl sites for hydroxylation is 1. The second kappa shape index (κ2) is 8.78. The van der Waals surface area contributed by atoms with Crippen molar-refractivity contribution in [2.75, 3.05) is 5.73 Å². The molecule has 160 valence electrons. The van der Waals surface area contributed by atoms with Gasteiger partial charge in [-0.3, -0.25) is 0 Å². The Morgan fingerprint density at radius 3 is 2.78 bits per heavy atom. The van der Waals surface area contributed by atoms with Crippen molar-refractivity contribution in [1.29, 1.82) is 5.26 Å². The van der Waals surface area contributed by atoms with Crippen molar-refractivity contribution in [3.05, 3.63) is 75.1 Å². The Labute approximate surface area is 191 Å². The average Bonchev–Trinajstić information content (AvgIpc) is 3.21. The van der Waals surface area contributed by atoms with Crippen LogP contribution in [-0.4, -0.2) is 20.2 Å². The standard InChI is InChI=1S/C21H13Cl2FN6O2/c1-10-15(9-27-21(26)28-10)20-30-29-17(32-20)6-12-2-3-16(23)19(18(12)24)31-14-5-11(8-25)4-13(22)7-14/h2-5,7,9H,6H2,1H3,(H2,26,27,28). The van der Waals surface area contributed by atoms with Crippen LogP contribution in [0.3, 0.4) is 0 Å². The topological polar surface area (TPSA) is 124 Å². The molecule has 0 saturated heterocycles. The van der Waals surface area contributed by atoms with Crippen LogP contribution in [0.4, 0.5) is 10.3 Å². The van der Waals surface area contributed by atoms with E-state index in [0.717, 1.165) is 0 Å². The van der Waals surface area contributed by atoms with Crippen LogP contribution in [0.15, 0.2) is 40.9 Å². The highest BCUT2D eigenvalue weighted by molar-refractivity contribution is 6.32. The SMILES string of the molecule is Cc1nc(N)ncc1-c1nnc(Cc2ccc(Cl)c(Oc3cc(Cl)cc(C#N)c3)c2F)o1. The predicted molar refractivity (Wildman–Crippen MR) is 115 cm³/mol. The number of aromatic nitrogens is 4. The highest BCUT2D eigenvalue weighted by atomic mass is 35.5. The molecule has 4 aromatic rings. The lowest BCUT2D eigenvalue weighted by Crippen LogP contribution is -1.98. The molecule has 0 amide bonds. The van der Waals surface area contributed by atoms with Crippen LogP contribution in [0.25, 0.3) is 11.5 Å². The maximum atomic E-state index is 15.2. The van der Waals surface area contributed by atoms with Crippen molar-refractivity contribution in [3.63, 3.8) is 0 Å². The van der Waals surface area contributed by atoms with Crippen LogP contribution in [0.1, 0.15) is 22.7 Å². The lowest BCUT2D eigenvalue weighted by atomic mass is 10.1. The normalized spacial score (nSPS) is 10.7. The molecule has 2 heterocycles. The van der Waals surface area contributed by atoms with Crippen LogP contribution >= 0.6 is 23.2 Å². The fourth-order valence-corrected chi connectivity index (χ4v) is 3.31. The summed E-state index contributed by atoms with van der Waals surface area (Å²) in [6.07, 6.45) is 1.46. The number of nitrogens with zero attached hydrogens (tertiary/aromatic N) is 5. The van der Waals surface area contributed by atoms with E-state index >= 15 is 4.39 Å². The van der Waals surface area contributed by atoms with Crippen molar-refractivity contribution in [3.8, 4) is 29.0 Å². The number of benzene rings is 2. The predicted octanol–water partition coefficient (Wildman–Crippen LogP) is 5.12. The van der Waals surface area contributed by atoms with E-state index in [1.54, 1.807) is 6.92 Å². The molecule has 0 saturated carbocycles. The van der Waals surface area contributed by atoms with E-state index < -0.39 is 5.82 Å². The number of hydrogen-bond donors (Lipinski definition) is 1. The van der Waals surface area contributed by atoms with E-state index in [-0.39, 0.29) is 56.8 Å². The van der Waals surface area contributed by atoms with Gasteiger partial charge in [-0.25, -0.2) is 14.4 Å². The lowest BCUT2D eigenvalue weighted by Gasteiger charge is -2.11. The van der Waals surface area contributed by atoms with E-state index in [2.05, 4.69) is 20.2 Å². The summed E-state index contributed by atoms with van der Waals surface area (Å²) in [6.45, 7) is 1.73. The Morgan fingerprint density at radius 2 is 2.03 bits per heavy atom. The molecule has 0 spiro atoms. The first-order chi connectivity index (χ1) is 15.3. The Hall–Kier alpha value is -3.74. The molecule has 0 aliphatic carbocycles. The number of anilines is 1. The highest BCUT2D eigenvalue weighted by Gasteiger charge is 2.19. The maximum Gasteiger partial charge on any atom is 0.251 e. The van der Waals surface area contributed by atoms with Gasteiger partial charge in [0, 0.05) is 16.8 Å². The second-order valence-corrected chi connectivity index (χ2v) is 7.49. The number of halogens is 3. The molecule has 2 aromatic carbocycles. The minimum Gasteiger partial charge on any atom is -0.453 e. The average molecular weight is 471 g/mol. The number of ether oxygens (including phenoxy) is 1. The molecule has 0 atom stereocenters. The van der Waals surface area contributed by atoms with E-state index in [9.17, 15) is 0 Å². The van der Waals surface area contributed by atoms with Gasteiger partial charge in [0.2, 0.25) is 11.8 Å². The Morgan fingerprint density at radius 1 is 1.22 bits per heavy atom. The molecule has 32 heavy (non-hydrogen) atoms. The summed E-state index contributed by atoms with van der Waals surface area (Å²) in [5.41, 5.74) is 7.13. The van der Waals surface area contributed by atoms with Crippen molar-refractivity contribution < 1.29 is 13.5 Å². The molecule has 2 N–H and O–H groups in total. The van der Waals surface area contributed by atoms with Gasteiger partial charge in [0.1, 0.15) is 5.75 Å². The van der Waals surface area contributed by atoms with E-state index in [1.165, 1.54) is 36.5 Å². The molecular formula is C21H13Cl2FN6O2. The molecule has 0 radical (unpaired) electrons. The number of nitrogens with two attached hydrogens (primary N) is 1. The summed E-state index contributed by atoms with van der Waals surface area (Å²) in [7, 11) is 0. The Kier molecular flexibility index (Phi) is 5.90. The van der Waals surface area contributed by atoms with Crippen LogP contribution in [0, 0.1) is 24.1 Å². The maximum absolute atomic E-state index is 15.2. The molecule has 4 rings (SSSR count). The number of nitrogen functional groups attached to an aromatic ring is 1. The molecule has 2 aromatic heterocycles. The number of hydrogen-bond acceptors (Lipinski definition) is 8. The zero-order chi connectivity index (χ0) is 22.8. The van der Waals surface area contributed by atoms with Crippen LogP contribution in [0.2, 0.25) is 10.0 Å².